The third-order valence-corrected chi connectivity index (χ3v) is 4.14. The van der Waals surface area contributed by atoms with Crippen LogP contribution in [-0.4, -0.2) is 17.1 Å². The molecule has 3 nitrogen and oxygen atoms in total. The fourth-order valence-corrected chi connectivity index (χ4v) is 2.53. The molecular formula is C21H25NO2. The molecule has 0 saturated carbocycles. The smallest absolute Gasteiger partial charge is 0.320 e. The van der Waals surface area contributed by atoms with E-state index in [1.807, 2.05) is 13.0 Å². The lowest BCUT2D eigenvalue weighted by Gasteiger charge is -2.12. The summed E-state index contributed by atoms with van der Waals surface area (Å²) in [6.07, 6.45) is 2.22. The maximum Gasteiger partial charge on any atom is 0.320 e. The van der Waals surface area contributed by atoms with E-state index in [0.29, 0.717) is 12.3 Å². The molecule has 2 aromatic carbocycles. The standard InChI is InChI=1S/C21H25NO2/c1-14(2)16-8-10-18(11-9-16)19(12-13-20(22)21(23)24)17-6-4-15(3)5-7-17/h4-12,14,20H,13,22H2,1-3H3,(H,23,24)/b19-12+. The number of nitrogens with two attached hydrogens (primary N) is 1. The van der Waals surface area contributed by atoms with Gasteiger partial charge in [-0.25, -0.2) is 0 Å². The lowest BCUT2D eigenvalue weighted by atomic mass is 9.93. The normalized spacial score (nSPS) is 13.1. The van der Waals surface area contributed by atoms with Crippen LogP contribution in [0, 0.1) is 6.92 Å². The van der Waals surface area contributed by atoms with Crippen molar-refractivity contribution in [1.29, 1.82) is 0 Å². The lowest BCUT2D eigenvalue weighted by Crippen LogP contribution is -2.29. The van der Waals surface area contributed by atoms with Crippen LogP contribution in [0.2, 0.25) is 0 Å². The Morgan fingerprint density at radius 1 is 1.04 bits per heavy atom. The summed E-state index contributed by atoms with van der Waals surface area (Å²) in [5.41, 5.74) is 11.3. The quantitative estimate of drug-likeness (QED) is 0.830. The maximum atomic E-state index is 11.0. The molecule has 0 aromatic heterocycles. The van der Waals surface area contributed by atoms with Gasteiger partial charge < -0.3 is 10.8 Å². The fraction of sp³-hybridized carbons (Fsp3) is 0.286. The molecule has 2 aromatic rings. The van der Waals surface area contributed by atoms with E-state index in [1.54, 1.807) is 0 Å². The average Bonchev–Trinajstić information content (AvgIpc) is 2.56. The number of carboxylic acids is 1. The number of aryl methyl sites for hydroxylation is 1. The highest BCUT2D eigenvalue weighted by molar-refractivity contribution is 5.81. The molecule has 3 heteroatoms. The van der Waals surface area contributed by atoms with Crippen LogP contribution in [0.4, 0.5) is 0 Å². The molecule has 0 amide bonds. The summed E-state index contributed by atoms with van der Waals surface area (Å²) >= 11 is 0. The predicted octanol–water partition coefficient (Wildman–Crippen LogP) is 4.35. The highest BCUT2D eigenvalue weighted by atomic mass is 16.4. The minimum absolute atomic E-state index is 0.296. The molecule has 0 spiro atoms. The molecule has 1 unspecified atom stereocenters. The molecule has 0 saturated heterocycles. The van der Waals surface area contributed by atoms with Crippen LogP contribution in [0.15, 0.2) is 54.6 Å². The minimum atomic E-state index is -0.982. The van der Waals surface area contributed by atoms with Crippen molar-refractivity contribution in [1.82, 2.24) is 0 Å². The van der Waals surface area contributed by atoms with Gasteiger partial charge in [0.25, 0.3) is 0 Å². The van der Waals surface area contributed by atoms with Gasteiger partial charge in [-0.1, -0.05) is 74.0 Å². The minimum Gasteiger partial charge on any atom is -0.480 e. The molecular weight excluding hydrogens is 298 g/mol. The Morgan fingerprint density at radius 2 is 1.54 bits per heavy atom. The van der Waals surface area contributed by atoms with Crippen molar-refractivity contribution in [3.8, 4) is 0 Å². The largest absolute Gasteiger partial charge is 0.480 e. The molecule has 0 heterocycles. The van der Waals surface area contributed by atoms with Crippen molar-refractivity contribution >= 4 is 11.5 Å². The van der Waals surface area contributed by atoms with Gasteiger partial charge in [0.1, 0.15) is 6.04 Å². The number of rotatable bonds is 6. The monoisotopic (exact) mass is 323 g/mol. The van der Waals surface area contributed by atoms with Crippen molar-refractivity contribution in [3.63, 3.8) is 0 Å². The summed E-state index contributed by atoms with van der Waals surface area (Å²) in [7, 11) is 0. The summed E-state index contributed by atoms with van der Waals surface area (Å²) in [4.78, 5) is 11.0. The molecule has 0 aliphatic carbocycles. The fourth-order valence-electron chi connectivity index (χ4n) is 2.53. The summed E-state index contributed by atoms with van der Waals surface area (Å²) in [6.45, 7) is 6.38. The maximum absolute atomic E-state index is 11.0. The second-order valence-electron chi connectivity index (χ2n) is 6.44. The van der Waals surface area contributed by atoms with Gasteiger partial charge in [-0.05, 0) is 41.5 Å². The highest BCUT2D eigenvalue weighted by Crippen LogP contribution is 2.26. The number of carbonyl (C=O) groups is 1. The van der Waals surface area contributed by atoms with Crippen molar-refractivity contribution < 1.29 is 9.90 Å². The molecule has 24 heavy (non-hydrogen) atoms. The Labute approximate surface area is 143 Å². The zero-order valence-electron chi connectivity index (χ0n) is 14.5. The van der Waals surface area contributed by atoms with E-state index in [1.165, 1.54) is 11.1 Å². The second-order valence-corrected chi connectivity index (χ2v) is 6.44. The first-order valence-corrected chi connectivity index (χ1v) is 8.24. The summed E-state index contributed by atoms with van der Waals surface area (Å²) in [6, 6.07) is 15.8. The number of benzene rings is 2. The van der Waals surface area contributed by atoms with Crippen LogP contribution in [-0.2, 0) is 4.79 Å². The van der Waals surface area contributed by atoms with Crippen LogP contribution in [0.1, 0.15) is 48.4 Å². The van der Waals surface area contributed by atoms with Crippen LogP contribution in [0.25, 0.3) is 5.57 Å². The summed E-state index contributed by atoms with van der Waals surface area (Å²) in [5, 5.41) is 9.02. The Balaban J connectivity index is 2.40. The topological polar surface area (TPSA) is 63.3 Å². The molecule has 2 rings (SSSR count). The van der Waals surface area contributed by atoms with E-state index in [-0.39, 0.29) is 0 Å². The first kappa shape index (κ1) is 18.0. The SMILES string of the molecule is Cc1ccc(/C(=C\CC(N)C(=O)O)c2ccc(C(C)C)cc2)cc1. The Morgan fingerprint density at radius 3 is 2.00 bits per heavy atom. The van der Waals surface area contributed by atoms with Gasteiger partial charge in [-0.2, -0.15) is 0 Å². The van der Waals surface area contributed by atoms with Crippen molar-refractivity contribution in [2.75, 3.05) is 0 Å². The van der Waals surface area contributed by atoms with Gasteiger partial charge >= 0.3 is 5.97 Å². The zero-order valence-corrected chi connectivity index (χ0v) is 14.5. The third kappa shape index (κ3) is 4.56. The first-order chi connectivity index (χ1) is 11.4. The zero-order chi connectivity index (χ0) is 17.7. The number of hydrogen-bond donors (Lipinski definition) is 2. The number of carboxylic acid groups (broad SMARTS) is 1. The van der Waals surface area contributed by atoms with Crippen molar-refractivity contribution in [2.45, 2.75) is 39.2 Å². The summed E-state index contributed by atoms with van der Waals surface area (Å²) < 4.78 is 0. The number of aliphatic carboxylic acids is 1. The molecule has 0 bridgehead atoms. The van der Waals surface area contributed by atoms with Crippen LogP contribution >= 0.6 is 0 Å². The van der Waals surface area contributed by atoms with Crippen molar-refractivity contribution in [3.05, 3.63) is 76.9 Å². The molecule has 0 fully saturated rings. The third-order valence-electron chi connectivity index (χ3n) is 4.14. The van der Waals surface area contributed by atoms with Gasteiger partial charge in [-0.3, -0.25) is 4.79 Å². The van der Waals surface area contributed by atoms with E-state index in [4.69, 9.17) is 10.8 Å². The summed E-state index contributed by atoms with van der Waals surface area (Å²) in [5.74, 6) is -0.504. The molecule has 1 atom stereocenters. The second kappa shape index (κ2) is 7.93. The van der Waals surface area contributed by atoms with Gasteiger partial charge in [0.05, 0.1) is 0 Å². The Hall–Kier alpha value is -2.39. The lowest BCUT2D eigenvalue weighted by molar-refractivity contribution is -0.138. The van der Waals surface area contributed by atoms with Gasteiger partial charge in [0, 0.05) is 0 Å². The Bertz CT molecular complexity index is 713. The molecule has 0 aliphatic heterocycles. The molecule has 0 aliphatic rings. The van der Waals surface area contributed by atoms with Crippen molar-refractivity contribution in [2.24, 2.45) is 5.73 Å². The van der Waals surface area contributed by atoms with E-state index >= 15 is 0 Å². The van der Waals surface area contributed by atoms with E-state index in [0.717, 1.165) is 16.7 Å². The molecule has 0 radical (unpaired) electrons. The highest BCUT2D eigenvalue weighted by Gasteiger charge is 2.12. The first-order valence-electron chi connectivity index (χ1n) is 8.24. The van der Waals surface area contributed by atoms with E-state index in [9.17, 15) is 4.79 Å². The predicted molar refractivity (Wildman–Crippen MR) is 99.0 cm³/mol. The Kier molecular flexibility index (Phi) is 5.93. The van der Waals surface area contributed by atoms with E-state index < -0.39 is 12.0 Å². The van der Waals surface area contributed by atoms with Crippen LogP contribution in [0.3, 0.4) is 0 Å². The van der Waals surface area contributed by atoms with Crippen LogP contribution in [0.5, 0.6) is 0 Å². The molecule has 3 N–H and O–H groups in total. The molecule has 126 valence electrons. The van der Waals surface area contributed by atoms with Gasteiger partial charge in [-0.15, -0.1) is 0 Å². The average molecular weight is 323 g/mol. The van der Waals surface area contributed by atoms with E-state index in [2.05, 4.69) is 62.4 Å². The van der Waals surface area contributed by atoms with Crippen LogP contribution < -0.4 is 5.73 Å². The van der Waals surface area contributed by atoms with Gasteiger partial charge in [0.2, 0.25) is 0 Å². The number of hydrogen-bond acceptors (Lipinski definition) is 2. The van der Waals surface area contributed by atoms with Gasteiger partial charge in [0.15, 0.2) is 0 Å².